The first-order valence-electron chi connectivity index (χ1n) is 8.19. The molecule has 0 saturated heterocycles. The highest BCUT2D eigenvalue weighted by molar-refractivity contribution is 7.99. The molecular formula is C20H22N2OS. The molecule has 0 saturated carbocycles. The molecule has 0 radical (unpaired) electrons. The van der Waals surface area contributed by atoms with E-state index in [2.05, 4.69) is 28.8 Å². The summed E-state index contributed by atoms with van der Waals surface area (Å²) in [6.45, 7) is 1.98. The smallest absolute Gasteiger partial charge is 0.173 e. The minimum absolute atomic E-state index is 0.528. The SMILES string of the molecule is CCC(O)c1nc(Sc2ccccc2)n(C)c1Cc1ccccc1. The monoisotopic (exact) mass is 338 g/mol. The molecule has 1 heterocycles. The van der Waals surface area contributed by atoms with Crippen LogP contribution in [0.2, 0.25) is 0 Å². The van der Waals surface area contributed by atoms with Crippen molar-refractivity contribution >= 4 is 11.8 Å². The highest BCUT2D eigenvalue weighted by Crippen LogP contribution is 2.31. The zero-order valence-electron chi connectivity index (χ0n) is 14.0. The third-order valence-electron chi connectivity index (χ3n) is 4.07. The lowest BCUT2D eigenvalue weighted by molar-refractivity contribution is 0.168. The van der Waals surface area contributed by atoms with Crippen molar-refractivity contribution in [3.63, 3.8) is 0 Å². The van der Waals surface area contributed by atoms with E-state index in [4.69, 9.17) is 4.98 Å². The van der Waals surface area contributed by atoms with Gasteiger partial charge in [-0.3, -0.25) is 0 Å². The van der Waals surface area contributed by atoms with Gasteiger partial charge in [-0.15, -0.1) is 0 Å². The Morgan fingerprint density at radius 3 is 2.29 bits per heavy atom. The normalized spacial score (nSPS) is 12.3. The van der Waals surface area contributed by atoms with Crippen LogP contribution in [0, 0.1) is 0 Å². The lowest BCUT2D eigenvalue weighted by Crippen LogP contribution is -2.05. The van der Waals surface area contributed by atoms with Crippen molar-refractivity contribution in [1.29, 1.82) is 0 Å². The van der Waals surface area contributed by atoms with Gasteiger partial charge in [-0.05, 0) is 24.1 Å². The number of benzene rings is 2. The number of nitrogens with zero attached hydrogens (tertiary/aromatic N) is 2. The Bertz CT molecular complexity index is 784. The third-order valence-corrected chi connectivity index (χ3v) is 5.13. The van der Waals surface area contributed by atoms with E-state index in [0.717, 1.165) is 27.9 Å². The minimum Gasteiger partial charge on any atom is -0.387 e. The summed E-state index contributed by atoms with van der Waals surface area (Å²) in [6.07, 6.45) is 0.903. The van der Waals surface area contributed by atoms with E-state index in [0.29, 0.717) is 6.42 Å². The zero-order chi connectivity index (χ0) is 16.9. The maximum Gasteiger partial charge on any atom is 0.173 e. The number of imidazole rings is 1. The molecule has 3 rings (SSSR count). The Morgan fingerprint density at radius 1 is 1.04 bits per heavy atom. The molecule has 4 heteroatoms. The molecule has 0 spiro atoms. The molecule has 0 amide bonds. The van der Waals surface area contributed by atoms with Crippen molar-refractivity contribution in [3.05, 3.63) is 77.6 Å². The maximum absolute atomic E-state index is 10.4. The van der Waals surface area contributed by atoms with Gasteiger partial charge in [0.05, 0.1) is 11.8 Å². The van der Waals surface area contributed by atoms with Crippen LogP contribution in [-0.4, -0.2) is 14.7 Å². The number of rotatable bonds is 6. The van der Waals surface area contributed by atoms with E-state index >= 15 is 0 Å². The standard InChI is InChI=1S/C20H22N2OS/c1-3-18(23)19-17(14-15-10-6-4-7-11-15)22(2)20(21-19)24-16-12-8-5-9-13-16/h4-13,18,23H,3,14H2,1-2H3. The number of hydrogen-bond donors (Lipinski definition) is 1. The molecule has 1 aromatic heterocycles. The number of aromatic nitrogens is 2. The molecule has 1 N–H and O–H groups in total. The van der Waals surface area contributed by atoms with Crippen molar-refractivity contribution in [2.45, 2.75) is 35.9 Å². The fourth-order valence-corrected chi connectivity index (χ4v) is 3.57. The largest absolute Gasteiger partial charge is 0.387 e. The first kappa shape index (κ1) is 16.8. The zero-order valence-corrected chi connectivity index (χ0v) is 14.8. The second-order valence-corrected chi connectivity index (χ2v) is 6.83. The Labute approximate surface area is 147 Å². The second-order valence-electron chi connectivity index (χ2n) is 5.79. The van der Waals surface area contributed by atoms with Gasteiger partial charge in [0.15, 0.2) is 5.16 Å². The van der Waals surface area contributed by atoms with Crippen LogP contribution in [0.4, 0.5) is 0 Å². The minimum atomic E-state index is -0.528. The maximum atomic E-state index is 10.4. The van der Waals surface area contributed by atoms with Gasteiger partial charge < -0.3 is 9.67 Å². The number of aliphatic hydroxyl groups is 1. The van der Waals surface area contributed by atoms with Crippen LogP contribution in [0.1, 0.15) is 36.4 Å². The molecule has 3 aromatic rings. The van der Waals surface area contributed by atoms with Gasteiger partial charge in [-0.1, -0.05) is 67.2 Å². The third kappa shape index (κ3) is 3.71. The molecular weight excluding hydrogens is 316 g/mol. The summed E-state index contributed by atoms with van der Waals surface area (Å²) in [4.78, 5) is 5.90. The van der Waals surface area contributed by atoms with Crippen molar-refractivity contribution in [2.75, 3.05) is 0 Å². The van der Waals surface area contributed by atoms with Gasteiger partial charge in [0.2, 0.25) is 0 Å². The first-order valence-corrected chi connectivity index (χ1v) is 9.01. The molecule has 0 aliphatic heterocycles. The van der Waals surface area contributed by atoms with Crippen LogP contribution in [0.3, 0.4) is 0 Å². The molecule has 0 aliphatic rings. The summed E-state index contributed by atoms with van der Waals surface area (Å²) >= 11 is 1.63. The molecule has 1 atom stereocenters. The average molecular weight is 338 g/mol. The second kappa shape index (κ2) is 7.69. The van der Waals surface area contributed by atoms with Gasteiger partial charge in [-0.25, -0.2) is 4.98 Å². The fraction of sp³-hybridized carbons (Fsp3) is 0.250. The lowest BCUT2D eigenvalue weighted by atomic mass is 10.1. The van der Waals surface area contributed by atoms with Gasteiger partial charge >= 0.3 is 0 Å². The van der Waals surface area contributed by atoms with Gasteiger partial charge in [0.1, 0.15) is 0 Å². The summed E-state index contributed by atoms with van der Waals surface area (Å²) in [7, 11) is 2.03. The molecule has 124 valence electrons. The summed E-state index contributed by atoms with van der Waals surface area (Å²) in [5.41, 5.74) is 3.09. The van der Waals surface area contributed by atoms with Crippen molar-refractivity contribution in [2.24, 2.45) is 7.05 Å². The van der Waals surface area contributed by atoms with Crippen LogP contribution >= 0.6 is 11.8 Å². The van der Waals surface area contributed by atoms with E-state index < -0.39 is 6.10 Å². The van der Waals surface area contributed by atoms with E-state index in [1.807, 2.05) is 50.4 Å². The molecule has 0 aliphatic carbocycles. The number of hydrogen-bond acceptors (Lipinski definition) is 3. The summed E-state index contributed by atoms with van der Waals surface area (Å²) in [6, 6.07) is 20.5. The summed E-state index contributed by atoms with van der Waals surface area (Å²) in [5.74, 6) is 0. The van der Waals surface area contributed by atoms with Crippen LogP contribution in [-0.2, 0) is 13.5 Å². The fourth-order valence-electron chi connectivity index (χ4n) is 2.67. The van der Waals surface area contributed by atoms with Crippen LogP contribution in [0.5, 0.6) is 0 Å². The highest BCUT2D eigenvalue weighted by atomic mass is 32.2. The van der Waals surface area contributed by atoms with E-state index in [1.165, 1.54) is 5.56 Å². The first-order chi connectivity index (χ1) is 11.7. The number of aliphatic hydroxyl groups excluding tert-OH is 1. The molecule has 2 aromatic carbocycles. The highest BCUT2D eigenvalue weighted by Gasteiger charge is 2.20. The van der Waals surface area contributed by atoms with Gasteiger partial charge in [0.25, 0.3) is 0 Å². The van der Waals surface area contributed by atoms with Gasteiger partial charge in [-0.2, -0.15) is 0 Å². The average Bonchev–Trinajstić information content (AvgIpc) is 2.92. The Hall–Kier alpha value is -2.04. The van der Waals surface area contributed by atoms with E-state index in [1.54, 1.807) is 11.8 Å². The molecule has 1 unspecified atom stereocenters. The van der Waals surface area contributed by atoms with Crippen LogP contribution in [0.25, 0.3) is 0 Å². The molecule has 0 bridgehead atoms. The molecule has 24 heavy (non-hydrogen) atoms. The summed E-state index contributed by atoms with van der Waals surface area (Å²) in [5, 5.41) is 11.3. The lowest BCUT2D eigenvalue weighted by Gasteiger charge is -2.10. The predicted octanol–water partition coefficient (Wildman–Crippen LogP) is 4.61. The Morgan fingerprint density at radius 2 is 1.67 bits per heavy atom. The van der Waals surface area contributed by atoms with Crippen molar-refractivity contribution in [1.82, 2.24) is 9.55 Å². The topological polar surface area (TPSA) is 38.1 Å². The van der Waals surface area contributed by atoms with E-state index in [-0.39, 0.29) is 0 Å². The molecule has 3 nitrogen and oxygen atoms in total. The summed E-state index contributed by atoms with van der Waals surface area (Å²) < 4.78 is 2.11. The quantitative estimate of drug-likeness (QED) is 0.713. The molecule has 0 fully saturated rings. The van der Waals surface area contributed by atoms with E-state index in [9.17, 15) is 5.11 Å². The van der Waals surface area contributed by atoms with Crippen molar-refractivity contribution < 1.29 is 5.11 Å². The van der Waals surface area contributed by atoms with Gasteiger partial charge in [0, 0.05) is 24.1 Å². The van der Waals surface area contributed by atoms with Crippen LogP contribution < -0.4 is 0 Å². The predicted molar refractivity (Wildman–Crippen MR) is 98.3 cm³/mol. The Kier molecular flexibility index (Phi) is 5.38. The van der Waals surface area contributed by atoms with Crippen LogP contribution in [0.15, 0.2) is 70.7 Å². The van der Waals surface area contributed by atoms with Crippen molar-refractivity contribution in [3.8, 4) is 0 Å². The Balaban J connectivity index is 1.96.